The van der Waals surface area contributed by atoms with Gasteiger partial charge < -0.3 is 14.6 Å². The zero-order valence-electron chi connectivity index (χ0n) is 12.6. The molecular weight excluding hydrogens is 304 g/mol. The largest absolute Gasteiger partial charge is 0.417 e. The normalized spacial score (nSPS) is 11.2. The van der Waals surface area contributed by atoms with Crippen LogP contribution in [0.3, 0.4) is 0 Å². The van der Waals surface area contributed by atoms with E-state index >= 15 is 0 Å². The van der Waals surface area contributed by atoms with Gasteiger partial charge in [0.05, 0.1) is 20.6 Å². The van der Waals surface area contributed by atoms with Crippen LogP contribution >= 0.6 is 21.6 Å². The van der Waals surface area contributed by atoms with Crippen LogP contribution in [0, 0.1) is 0 Å². The molecule has 0 radical (unpaired) electrons. The summed E-state index contributed by atoms with van der Waals surface area (Å²) in [5.41, 5.74) is 2.21. The maximum atomic E-state index is 11.8. The van der Waals surface area contributed by atoms with Crippen LogP contribution in [-0.4, -0.2) is 36.7 Å². The number of fused-ring (bicyclic) bond motifs is 1. The highest BCUT2D eigenvalue weighted by Gasteiger charge is 2.14. The molecule has 6 heteroatoms. The molecule has 0 bridgehead atoms. The maximum absolute atomic E-state index is 11.8. The van der Waals surface area contributed by atoms with Gasteiger partial charge in [0, 0.05) is 40.1 Å². The molecule has 2 aromatic rings. The van der Waals surface area contributed by atoms with Crippen LogP contribution in [-0.2, 0) is 6.42 Å². The summed E-state index contributed by atoms with van der Waals surface area (Å²) in [7, 11) is 6.91. The van der Waals surface area contributed by atoms with E-state index in [0.29, 0.717) is 5.75 Å². The molecule has 1 heterocycles. The molecule has 2 rings (SSSR count). The maximum Gasteiger partial charge on any atom is 0.383 e. The smallest absolute Gasteiger partial charge is 0.383 e. The molecule has 1 aromatic carbocycles. The van der Waals surface area contributed by atoms with Crippen molar-refractivity contribution in [2.75, 3.05) is 26.4 Å². The fourth-order valence-electron chi connectivity index (χ4n) is 2.10. The zero-order valence-corrected chi connectivity index (χ0v) is 14.2. The Hall–Kier alpha value is -1.11. The van der Waals surface area contributed by atoms with Gasteiger partial charge in [-0.2, -0.15) is 0 Å². The fourth-order valence-corrected chi connectivity index (χ4v) is 3.18. The number of likely N-dealkylation sites (N-methyl/N-ethyl adjacent to an activating group) is 1. The lowest BCUT2D eigenvalue weighted by Crippen LogP contribution is -3.05. The number of carbonyl (C=O) groups is 1. The number of hydrogen-bond acceptors (Lipinski definition) is 4. The molecule has 0 atom stereocenters. The van der Waals surface area contributed by atoms with E-state index in [0.717, 1.165) is 40.4 Å². The van der Waals surface area contributed by atoms with Crippen LogP contribution in [0.2, 0.25) is 0 Å². The average Bonchev–Trinajstić information content (AvgIpc) is 2.87. The third kappa shape index (κ3) is 4.43. The molecule has 0 fully saturated rings. The Morgan fingerprint density at radius 2 is 2.19 bits per heavy atom. The molecule has 21 heavy (non-hydrogen) atoms. The predicted molar refractivity (Wildman–Crippen MR) is 91.4 cm³/mol. The molecule has 4 nitrogen and oxygen atoms in total. The molecule has 0 saturated carbocycles. The summed E-state index contributed by atoms with van der Waals surface area (Å²) in [6, 6.07) is 5.77. The van der Waals surface area contributed by atoms with Gasteiger partial charge in [-0.15, -0.1) is 0 Å². The number of quaternary nitrogens is 1. The Kier molecular flexibility index (Phi) is 6.02. The Bertz CT molecular complexity index is 611. The van der Waals surface area contributed by atoms with E-state index in [1.165, 1.54) is 21.3 Å². The summed E-state index contributed by atoms with van der Waals surface area (Å²) in [5, 5.41) is 0.758. The van der Waals surface area contributed by atoms with E-state index < -0.39 is 0 Å². The number of carbonyl (C=O) groups excluding carboxylic acids is 1. The standard InChI is InChI=1S/C15H20N2O2S2/c1-4-20-21-15(18)19-13-7-5-6-12-14(13)11(10-16-12)8-9-17(2)3/h5-7,10,16H,4,8-9H2,1-3H3/p+1. The molecule has 114 valence electrons. The van der Waals surface area contributed by atoms with E-state index in [1.807, 2.05) is 31.3 Å². The van der Waals surface area contributed by atoms with Crippen LogP contribution in [0.15, 0.2) is 24.4 Å². The van der Waals surface area contributed by atoms with E-state index in [9.17, 15) is 4.79 Å². The Balaban J connectivity index is 2.22. The van der Waals surface area contributed by atoms with Crippen LogP contribution in [0.25, 0.3) is 10.9 Å². The molecule has 0 saturated heterocycles. The first kappa shape index (κ1) is 16.3. The number of hydrogen-bond donors (Lipinski definition) is 2. The SMILES string of the molecule is CCSSC(=O)Oc1cccc2[nH]cc(CC[NH+](C)C)c12. The third-order valence-corrected chi connectivity index (χ3v) is 5.12. The highest BCUT2D eigenvalue weighted by molar-refractivity contribution is 8.82. The van der Waals surface area contributed by atoms with Gasteiger partial charge in [0.1, 0.15) is 5.75 Å². The highest BCUT2D eigenvalue weighted by Crippen LogP contribution is 2.31. The first-order valence-corrected chi connectivity index (χ1v) is 9.33. The molecule has 0 unspecified atom stereocenters. The number of H-pyrrole nitrogens is 1. The summed E-state index contributed by atoms with van der Waals surface area (Å²) in [6.07, 6.45) is 2.96. The van der Waals surface area contributed by atoms with Crippen LogP contribution in [0.1, 0.15) is 12.5 Å². The van der Waals surface area contributed by atoms with Crippen molar-refractivity contribution in [2.24, 2.45) is 0 Å². The minimum absolute atomic E-state index is 0.264. The number of rotatable bonds is 6. The van der Waals surface area contributed by atoms with Gasteiger partial charge in [0.2, 0.25) is 0 Å². The van der Waals surface area contributed by atoms with Crippen LogP contribution in [0.4, 0.5) is 4.79 Å². The van der Waals surface area contributed by atoms with E-state index in [4.69, 9.17) is 4.74 Å². The second-order valence-corrected chi connectivity index (χ2v) is 7.56. The quantitative estimate of drug-likeness (QED) is 0.633. The predicted octanol–water partition coefficient (Wildman–Crippen LogP) is 2.76. The number of ether oxygens (including phenoxy) is 1. The molecular formula is C15H21N2O2S2+. The van der Waals surface area contributed by atoms with Gasteiger partial charge in [0.25, 0.3) is 0 Å². The molecule has 0 amide bonds. The third-order valence-electron chi connectivity index (χ3n) is 3.08. The van der Waals surface area contributed by atoms with Gasteiger partial charge in [0.15, 0.2) is 0 Å². The second-order valence-electron chi connectivity index (χ2n) is 5.04. The summed E-state index contributed by atoms with van der Waals surface area (Å²) in [6.45, 7) is 3.05. The first-order valence-electron chi connectivity index (χ1n) is 7.01. The summed E-state index contributed by atoms with van der Waals surface area (Å²) in [4.78, 5) is 16.5. The summed E-state index contributed by atoms with van der Waals surface area (Å²) >= 11 is 0. The van der Waals surface area contributed by atoms with Gasteiger partial charge in [-0.1, -0.05) is 23.8 Å². The first-order chi connectivity index (χ1) is 10.1. The second kappa shape index (κ2) is 7.77. The molecule has 0 aliphatic carbocycles. The average molecular weight is 325 g/mol. The monoisotopic (exact) mass is 325 g/mol. The van der Waals surface area contributed by atoms with Gasteiger partial charge >= 0.3 is 5.30 Å². The highest BCUT2D eigenvalue weighted by atomic mass is 33.1. The van der Waals surface area contributed by atoms with Gasteiger partial charge in [-0.05, 0) is 17.7 Å². The minimum atomic E-state index is -0.264. The van der Waals surface area contributed by atoms with E-state index in [2.05, 4.69) is 19.1 Å². The topological polar surface area (TPSA) is 46.5 Å². The molecule has 2 N–H and O–H groups in total. The van der Waals surface area contributed by atoms with Crippen molar-refractivity contribution >= 4 is 37.8 Å². The Morgan fingerprint density at radius 1 is 1.38 bits per heavy atom. The molecule has 1 aromatic heterocycles. The van der Waals surface area contributed by atoms with Gasteiger partial charge in [-0.25, -0.2) is 4.79 Å². The lowest BCUT2D eigenvalue weighted by Gasteiger charge is -2.08. The summed E-state index contributed by atoms with van der Waals surface area (Å²) in [5.74, 6) is 1.53. The van der Waals surface area contributed by atoms with Crippen molar-refractivity contribution < 1.29 is 14.4 Å². The van der Waals surface area contributed by atoms with Crippen LogP contribution in [0.5, 0.6) is 5.75 Å². The Morgan fingerprint density at radius 3 is 2.90 bits per heavy atom. The van der Waals surface area contributed by atoms with Crippen molar-refractivity contribution in [3.8, 4) is 5.75 Å². The molecule has 0 spiro atoms. The van der Waals surface area contributed by atoms with Crippen molar-refractivity contribution in [3.63, 3.8) is 0 Å². The fraction of sp³-hybridized carbons (Fsp3) is 0.400. The van der Waals surface area contributed by atoms with Crippen molar-refractivity contribution in [3.05, 3.63) is 30.0 Å². The van der Waals surface area contributed by atoms with Crippen molar-refractivity contribution in [1.29, 1.82) is 0 Å². The van der Waals surface area contributed by atoms with E-state index in [-0.39, 0.29) is 5.30 Å². The number of nitrogens with one attached hydrogen (secondary N) is 2. The lowest BCUT2D eigenvalue weighted by molar-refractivity contribution is -0.858. The van der Waals surface area contributed by atoms with Crippen molar-refractivity contribution in [1.82, 2.24) is 4.98 Å². The number of aromatic amines is 1. The lowest BCUT2D eigenvalue weighted by atomic mass is 10.1. The van der Waals surface area contributed by atoms with Crippen molar-refractivity contribution in [2.45, 2.75) is 13.3 Å². The van der Waals surface area contributed by atoms with Crippen LogP contribution < -0.4 is 9.64 Å². The minimum Gasteiger partial charge on any atom is -0.417 e. The van der Waals surface area contributed by atoms with E-state index in [1.54, 1.807) is 0 Å². The number of benzene rings is 1. The summed E-state index contributed by atoms with van der Waals surface area (Å²) < 4.78 is 5.51. The number of aromatic nitrogens is 1. The van der Waals surface area contributed by atoms with Gasteiger partial charge in [-0.3, -0.25) is 0 Å². The Labute approximate surface area is 133 Å². The molecule has 0 aliphatic heterocycles. The molecule has 0 aliphatic rings. The zero-order chi connectivity index (χ0) is 15.2.